The Kier molecular flexibility index (Phi) is 6.17. The second-order valence-electron chi connectivity index (χ2n) is 7.38. The zero-order valence-electron chi connectivity index (χ0n) is 18.0. The van der Waals surface area contributed by atoms with E-state index in [0.29, 0.717) is 36.1 Å². The Morgan fingerprint density at radius 3 is 2.68 bits per heavy atom. The van der Waals surface area contributed by atoms with Crippen LogP contribution in [0.4, 0.5) is 0 Å². The Morgan fingerprint density at radius 1 is 1.23 bits per heavy atom. The number of benzene rings is 1. The van der Waals surface area contributed by atoms with Gasteiger partial charge >= 0.3 is 0 Å². The SMILES string of the molecule is CCSc1nnc(-c2nn(C)c3c2CN(S(=O)(=O)c2ccc(C)c(Cl)c2)CC3)n1CC. The minimum Gasteiger partial charge on any atom is -0.301 e. The van der Waals surface area contributed by atoms with Gasteiger partial charge in [0.1, 0.15) is 5.69 Å². The average Bonchev–Trinajstić information content (AvgIpc) is 3.30. The molecule has 166 valence electrons. The number of thioether (sulfide) groups is 1. The molecular formula is C20H25ClN6O2S2. The van der Waals surface area contributed by atoms with Crippen molar-refractivity contribution in [1.29, 1.82) is 0 Å². The van der Waals surface area contributed by atoms with E-state index in [4.69, 9.17) is 16.7 Å². The number of aromatic nitrogens is 5. The third-order valence-electron chi connectivity index (χ3n) is 5.51. The molecule has 0 radical (unpaired) electrons. The molecule has 0 amide bonds. The first-order valence-electron chi connectivity index (χ1n) is 10.1. The smallest absolute Gasteiger partial charge is 0.243 e. The minimum atomic E-state index is -3.69. The molecule has 0 saturated carbocycles. The highest BCUT2D eigenvalue weighted by atomic mass is 35.5. The van der Waals surface area contributed by atoms with Gasteiger partial charge in [-0.1, -0.05) is 36.4 Å². The molecule has 0 spiro atoms. The zero-order chi connectivity index (χ0) is 22.3. The Bertz CT molecular complexity index is 1230. The lowest BCUT2D eigenvalue weighted by Crippen LogP contribution is -2.36. The van der Waals surface area contributed by atoms with Crippen LogP contribution in [0.3, 0.4) is 0 Å². The first-order valence-corrected chi connectivity index (χ1v) is 13.0. The van der Waals surface area contributed by atoms with E-state index >= 15 is 0 Å². The predicted octanol–water partition coefficient (Wildman–Crippen LogP) is 3.52. The summed E-state index contributed by atoms with van der Waals surface area (Å²) < 4.78 is 32.0. The highest BCUT2D eigenvalue weighted by Gasteiger charge is 2.33. The van der Waals surface area contributed by atoms with Crippen molar-refractivity contribution in [2.75, 3.05) is 12.3 Å². The van der Waals surface area contributed by atoms with E-state index in [2.05, 4.69) is 17.1 Å². The van der Waals surface area contributed by atoms with Crippen molar-refractivity contribution in [2.45, 2.75) is 50.3 Å². The van der Waals surface area contributed by atoms with Crippen LogP contribution in [0.15, 0.2) is 28.3 Å². The number of hydrogen-bond acceptors (Lipinski definition) is 6. The van der Waals surface area contributed by atoms with Crippen molar-refractivity contribution in [2.24, 2.45) is 7.05 Å². The fraction of sp³-hybridized carbons (Fsp3) is 0.450. The fourth-order valence-corrected chi connectivity index (χ4v) is 6.23. The van der Waals surface area contributed by atoms with Crippen molar-refractivity contribution < 1.29 is 8.42 Å². The van der Waals surface area contributed by atoms with Crippen LogP contribution in [-0.2, 0) is 36.6 Å². The van der Waals surface area contributed by atoms with Crippen LogP contribution in [0.25, 0.3) is 11.5 Å². The molecule has 0 unspecified atom stereocenters. The molecule has 2 aromatic heterocycles. The topological polar surface area (TPSA) is 85.9 Å². The molecule has 11 heteroatoms. The van der Waals surface area contributed by atoms with Gasteiger partial charge in [0.2, 0.25) is 10.0 Å². The molecule has 1 aromatic carbocycles. The molecule has 3 heterocycles. The largest absolute Gasteiger partial charge is 0.301 e. The van der Waals surface area contributed by atoms with Crippen LogP contribution in [0.5, 0.6) is 0 Å². The van der Waals surface area contributed by atoms with Crippen molar-refractivity contribution in [3.05, 3.63) is 40.0 Å². The Labute approximate surface area is 191 Å². The normalized spacial score (nSPS) is 14.7. The monoisotopic (exact) mass is 480 g/mol. The lowest BCUT2D eigenvalue weighted by Gasteiger charge is -2.27. The van der Waals surface area contributed by atoms with Crippen LogP contribution in [0.2, 0.25) is 5.02 Å². The molecule has 0 aliphatic carbocycles. The van der Waals surface area contributed by atoms with Gasteiger partial charge in [-0.25, -0.2) is 8.42 Å². The third kappa shape index (κ3) is 3.90. The summed E-state index contributed by atoms with van der Waals surface area (Å²) in [6, 6.07) is 4.86. The number of hydrogen-bond donors (Lipinski definition) is 0. The summed E-state index contributed by atoms with van der Waals surface area (Å²) in [7, 11) is -1.80. The van der Waals surface area contributed by atoms with E-state index in [1.165, 1.54) is 10.4 Å². The molecule has 1 aliphatic rings. The maximum absolute atomic E-state index is 13.3. The van der Waals surface area contributed by atoms with Gasteiger partial charge < -0.3 is 4.57 Å². The Morgan fingerprint density at radius 2 is 2.00 bits per heavy atom. The van der Waals surface area contributed by atoms with Gasteiger partial charge in [0.25, 0.3) is 0 Å². The molecule has 0 saturated heterocycles. The van der Waals surface area contributed by atoms with Crippen LogP contribution in [-0.4, -0.2) is 49.6 Å². The lowest BCUT2D eigenvalue weighted by molar-refractivity contribution is 0.386. The van der Waals surface area contributed by atoms with E-state index in [0.717, 1.165) is 27.7 Å². The van der Waals surface area contributed by atoms with E-state index in [1.54, 1.807) is 23.9 Å². The summed E-state index contributed by atoms with van der Waals surface area (Å²) in [4.78, 5) is 0.204. The van der Waals surface area contributed by atoms with Gasteiger partial charge in [0.05, 0.1) is 4.90 Å². The highest BCUT2D eigenvalue weighted by Crippen LogP contribution is 2.33. The maximum atomic E-state index is 13.3. The number of aryl methyl sites for hydroxylation is 2. The number of halogens is 1. The van der Waals surface area contributed by atoms with Crippen LogP contribution < -0.4 is 0 Å². The van der Waals surface area contributed by atoms with Crippen molar-refractivity contribution >= 4 is 33.4 Å². The predicted molar refractivity (Wildman–Crippen MR) is 122 cm³/mol. The van der Waals surface area contributed by atoms with Crippen molar-refractivity contribution in [3.63, 3.8) is 0 Å². The lowest BCUT2D eigenvalue weighted by atomic mass is 10.1. The standard InChI is InChI=1S/C20H25ClN6O2S2/c1-5-27-19(22-23-20(27)30-6-2)18-15-12-26(10-9-17(15)25(4)24-18)31(28,29)14-8-7-13(3)16(21)11-14/h7-8,11H,5-6,9-10,12H2,1-4H3. The van der Waals surface area contributed by atoms with Crippen LogP contribution >= 0.6 is 23.4 Å². The second kappa shape index (κ2) is 8.57. The quantitative estimate of drug-likeness (QED) is 0.502. The van der Waals surface area contributed by atoms with E-state index in [9.17, 15) is 8.42 Å². The summed E-state index contributed by atoms with van der Waals surface area (Å²) >= 11 is 7.82. The van der Waals surface area contributed by atoms with Gasteiger partial charge in [-0.05, 0) is 37.3 Å². The molecule has 0 bridgehead atoms. The van der Waals surface area contributed by atoms with Gasteiger partial charge in [-0.15, -0.1) is 10.2 Å². The summed E-state index contributed by atoms with van der Waals surface area (Å²) in [6.07, 6.45) is 0.578. The van der Waals surface area contributed by atoms with E-state index < -0.39 is 10.0 Å². The second-order valence-corrected chi connectivity index (χ2v) is 11.0. The molecule has 1 aliphatic heterocycles. The van der Waals surface area contributed by atoms with E-state index in [-0.39, 0.29) is 11.4 Å². The number of sulfonamides is 1. The Balaban J connectivity index is 1.74. The average molecular weight is 481 g/mol. The van der Waals surface area contributed by atoms with Gasteiger partial charge in [-0.3, -0.25) is 4.68 Å². The fourth-order valence-electron chi connectivity index (χ4n) is 3.82. The number of nitrogens with zero attached hydrogens (tertiary/aromatic N) is 6. The van der Waals surface area contributed by atoms with Gasteiger partial charge in [0.15, 0.2) is 11.0 Å². The molecule has 8 nitrogen and oxygen atoms in total. The molecule has 0 N–H and O–H groups in total. The maximum Gasteiger partial charge on any atom is 0.243 e. The highest BCUT2D eigenvalue weighted by molar-refractivity contribution is 7.99. The van der Waals surface area contributed by atoms with Crippen LogP contribution in [0, 0.1) is 6.92 Å². The molecule has 0 fully saturated rings. The molecule has 4 rings (SSSR count). The van der Waals surface area contributed by atoms with Gasteiger partial charge in [0, 0.05) is 49.4 Å². The third-order valence-corrected chi connectivity index (χ3v) is 8.60. The van der Waals surface area contributed by atoms with E-state index in [1.807, 2.05) is 30.1 Å². The molecule has 3 aromatic rings. The first kappa shape index (κ1) is 22.3. The summed E-state index contributed by atoms with van der Waals surface area (Å²) in [5.41, 5.74) is 3.44. The number of rotatable bonds is 6. The van der Waals surface area contributed by atoms with Gasteiger partial charge in [-0.2, -0.15) is 9.40 Å². The van der Waals surface area contributed by atoms with Crippen LogP contribution in [0.1, 0.15) is 30.7 Å². The first-order chi connectivity index (χ1) is 14.8. The summed E-state index contributed by atoms with van der Waals surface area (Å²) in [5.74, 6) is 1.57. The molecular weight excluding hydrogens is 456 g/mol. The minimum absolute atomic E-state index is 0.204. The summed E-state index contributed by atoms with van der Waals surface area (Å²) in [6.45, 7) is 7.29. The molecule has 0 atom stereocenters. The summed E-state index contributed by atoms with van der Waals surface area (Å²) in [5, 5.41) is 14.7. The Hall–Kier alpha value is -1.88. The van der Waals surface area contributed by atoms with Crippen molar-refractivity contribution in [1.82, 2.24) is 28.9 Å². The van der Waals surface area contributed by atoms with Crippen molar-refractivity contribution in [3.8, 4) is 11.5 Å². The number of fused-ring (bicyclic) bond motifs is 1. The molecule has 31 heavy (non-hydrogen) atoms. The zero-order valence-corrected chi connectivity index (χ0v) is 20.4.